The fraction of sp³-hybridized carbons (Fsp3) is 0.364. The standard InChI is InChI=1S/C11H14ClNO2/c1-11(2,3)13-10(14)15-9-6-4-8(12)5-7-9/h4-7H,1-3H3,(H,13,14). The van der Waals surface area contributed by atoms with E-state index in [1.165, 1.54) is 0 Å². The zero-order valence-corrected chi connectivity index (χ0v) is 9.76. The molecule has 0 fully saturated rings. The summed E-state index contributed by atoms with van der Waals surface area (Å²) < 4.78 is 5.04. The van der Waals surface area contributed by atoms with E-state index in [1.54, 1.807) is 24.3 Å². The molecule has 0 radical (unpaired) electrons. The van der Waals surface area contributed by atoms with E-state index in [1.807, 2.05) is 20.8 Å². The number of rotatable bonds is 1. The van der Waals surface area contributed by atoms with Gasteiger partial charge in [-0.3, -0.25) is 0 Å². The van der Waals surface area contributed by atoms with Crippen molar-refractivity contribution in [2.24, 2.45) is 0 Å². The molecular formula is C11H14ClNO2. The summed E-state index contributed by atoms with van der Waals surface area (Å²) in [5.41, 5.74) is -0.302. The Morgan fingerprint density at radius 1 is 1.27 bits per heavy atom. The molecule has 4 heteroatoms. The van der Waals surface area contributed by atoms with Gasteiger partial charge in [0.2, 0.25) is 0 Å². The molecule has 1 aromatic carbocycles. The monoisotopic (exact) mass is 227 g/mol. The maximum absolute atomic E-state index is 11.3. The van der Waals surface area contributed by atoms with E-state index in [4.69, 9.17) is 16.3 Å². The average Bonchev–Trinajstić information content (AvgIpc) is 2.05. The Kier molecular flexibility index (Phi) is 3.58. The second kappa shape index (κ2) is 4.53. The van der Waals surface area contributed by atoms with Gasteiger partial charge in [0, 0.05) is 10.6 Å². The van der Waals surface area contributed by atoms with Crippen LogP contribution in [0.25, 0.3) is 0 Å². The van der Waals surface area contributed by atoms with Crippen LogP contribution in [0.3, 0.4) is 0 Å². The van der Waals surface area contributed by atoms with Crippen molar-refractivity contribution >= 4 is 17.7 Å². The molecule has 0 spiro atoms. The molecule has 0 aliphatic heterocycles. The molecule has 15 heavy (non-hydrogen) atoms. The lowest BCUT2D eigenvalue weighted by Gasteiger charge is -2.19. The third-order valence-corrected chi connectivity index (χ3v) is 1.75. The van der Waals surface area contributed by atoms with E-state index in [0.29, 0.717) is 10.8 Å². The van der Waals surface area contributed by atoms with Crippen LogP contribution in [0.5, 0.6) is 5.75 Å². The van der Waals surface area contributed by atoms with Gasteiger partial charge in [0.1, 0.15) is 5.75 Å². The van der Waals surface area contributed by atoms with Crippen molar-refractivity contribution in [2.45, 2.75) is 26.3 Å². The number of hydrogen-bond acceptors (Lipinski definition) is 2. The van der Waals surface area contributed by atoms with Gasteiger partial charge in [-0.1, -0.05) is 11.6 Å². The molecule has 1 aromatic rings. The smallest absolute Gasteiger partial charge is 0.410 e. The quantitative estimate of drug-likeness (QED) is 0.800. The second-order valence-electron chi connectivity index (χ2n) is 4.22. The second-order valence-corrected chi connectivity index (χ2v) is 4.65. The lowest BCUT2D eigenvalue weighted by atomic mass is 10.1. The lowest BCUT2D eigenvalue weighted by Crippen LogP contribution is -2.42. The van der Waals surface area contributed by atoms with Crippen LogP contribution in [0, 0.1) is 0 Å². The van der Waals surface area contributed by atoms with Crippen LogP contribution in [0.2, 0.25) is 5.02 Å². The maximum Gasteiger partial charge on any atom is 0.413 e. The van der Waals surface area contributed by atoms with Gasteiger partial charge in [-0.15, -0.1) is 0 Å². The highest BCUT2D eigenvalue weighted by Gasteiger charge is 2.14. The number of amides is 1. The minimum absolute atomic E-state index is 0.302. The van der Waals surface area contributed by atoms with Gasteiger partial charge in [0.25, 0.3) is 0 Å². The van der Waals surface area contributed by atoms with E-state index in [9.17, 15) is 4.79 Å². The zero-order valence-electron chi connectivity index (χ0n) is 9.00. The Bertz CT molecular complexity index is 341. The molecule has 1 N–H and O–H groups in total. The minimum atomic E-state index is -0.468. The van der Waals surface area contributed by atoms with Crippen molar-refractivity contribution in [2.75, 3.05) is 0 Å². The normalized spacial score (nSPS) is 10.9. The SMILES string of the molecule is CC(C)(C)NC(=O)Oc1ccc(Cl)cc1. The number of halogens is 1. The van der Waals surface area contributed by atoms with Crippen molar-refractivity contribution < 1.29 is 9.53 Å². The number of carbonyl (C=O) groups excluding carboxylic acids is 1. The summed E-state index contributed by atoms with van der Waals surface area (Å²) in [6, 6.07) is 6.62. The Morgan fingerprint density at radius 3 is 2.27 bits per heavy atom. The lowest BCUT2D eigenvalue weighted by molar-refractivity contribution is 0.190. The predicted octanol–water partition coefficient (Wildman–Crippen LogP) is 3.23. The average molecular weight is 228 g/mol. The van der Waals surface area contributed by atoms with Gasteiger partial charge in [-0.2, -0.15) is 0 Å². The number of ether oxygens (including phenoxy) is 1. The topological polar surface area (TPSA) is 38.3 Å². The molecule has 0 heterocycles. The predicted molar refractivity (Wildman–Crippen MR) is 60.4 cm³/mol. The van der Waals surface area contributed by atoms with Gasteiger partial charge >= 0.3 is 6.09 Å². The molecule has 0 aliphatic carbocycles. The summed E-state index contributed by atoms with van der Waals surface area (Å²) in [6.07, 6.45) is -0.468. The molecule has 3 nitrogen and oxygen atoms in total. The molecule has 1 amide bonds. The van der Waals surface area contributed by atoms with Crippen molar-refractivity contribution in [3.8, 4) is 5.75 Å². The summed E-state index contributed by atoms with van der Waals surface area (Å²) in [5.74, 6) is 0.473. The van der Waals surface area contributed by atoms with Crippen LogP contribution < -0.4 is 10.1 Å². The fourth-order valence-corrected chi connectivity index (χ4v) is 1.07. The van der Waals surface area contributed by atoms with E-state index in [0.717, 1.165) is 0 Å². The summed E-state index contributed by atoms with van der Waals surface area (Å²) >= 11 is 5.70. The molecule has 82 valence electrons. The largest absolute Gasteiger partial charge is 0.413 e. The summed E-state index contributed by atoms with van der Waals surface area (Å²) in [4.78, 5) is 11.3. The third kappa shape index (κ3) is 4.70. The minimum Gasteiger partial charge on any atom is -0.410 e. The maximum atomic E-state index is 11.3. The van der Waals surface area contributed by atoms with Crippen LogP contribution in [0.4, 0.5) is 4.79 Å². The van der Waals surface area contributed by atoms with Gasteiger partial charge in [-0.25, -0.2) is 4.79 Å². The summed E-state index contributed by atoms with van der Waals surface area (Å²) in [5, 5.41) is 3.30. The molecule has 1 rings (SSSR count). The van der Waals surface area contributed by atoms with Crippen LogP contribution in [0.1, 0.15) is 20.8 Å². The first-order valence-corrected chi connectivity index (χ1v) is 5.00. The number of nitrogens with one attached hydrogen (secondary N) is 1. The van der Waals surface area contributed by atoms with Crippen molar-refractivity contribution in [3.63, 3.8) is 0 Å². The molecule has 0 atom stereocenters. The van der Waals surface area contributed by atoms with Gasteiger partial charge in [0.15, 0.2) is 0 Å². The molecule has 0 aromatic heterocycles. The number of carbonyl (C=O) groups is 1. The van der Waals surface area contributed by atoms with Crippen molar-refractivity contribution in [1.82, 2.24) is 5.32 Å². The molecule has 0 saturated heterocycles. The first-order chi connectivity index (χ1) is 6.87. The van der Waals surface area contributed by atoms with E-state index >= 15 is 0 Å². The summed E-state index contributed by atoms with van der Waals surface area (Å²) in [7, 11) is 0. The van der Waals surface area contributed by atoms with Crippen LogP contribution in [-0.2, 0) is 0 Å². The highest BCUT2D eigenvalue weighted by atomic mass is 35.5. The van der Waals surface area contributed by atoms with E-state index in [2.05, 4.69) is 5.32 Å². The Balaban J connectivity index is 2.55. The molecular weight excluding hydrogens is 214 g/mol. The van der Waals surface area contributed by atoms with Crippen LogP contribution in [0.15, 0.2) is 24.3 Å². The Morgan fingerprint density at radius 2 is 1.80 bits per heavy atom. The Hall–Kier alpha value is -1.22. The van der Waals surface area contributed by atoms with Crippen LogP contribution >= 0.6 is 11.6 Å². The van der Waals surface area contributed by atoms with Crippen molar-refractivity contribution in [3.05, 3.63) is 29.3 Å². The number of hydrogen-bond donors (Lipinski definition) is 1. The van der Waals surface area contributed by atoms with Gasteiger partial charge in [-0.05, 0) is 45.0 Å². The van der Waals surface area contributed by atoms with Gasteiger partial charge in [0.05, 0.1) is 0 Å². The molecule has 0 saturated carbocycles. The molecule has 0 aliphatic rings. The first-order valence-electron chi connectivity index (χ1n) is 4.62. The third-order valence-electron chi connectivity index (χ3n) is 1.50. The highest BCUT2D eigenvalue weighted by molar-refractivity contribution is 6.30. The zero-order chi connectivity index (χ0) is 11.5. The van der Waals surface area contributed by atoms with Crippen LogP contribution in [-0.4, -0.2) is 11.6 Å². The van der Waals surface area contributed by atoms with Crippen molar-refractivity contribution in [1.29, 1.82) is 0 Å². The highest BCUT2D eigenvalue weighted by Crippen LogP contribution is 2.15. The van der Waals surface area contributed by atoms with E-state index in [-0.39, 0.29) is 5.54 Å². The first kappa shape index (κ1) is 11.9. The Labute approximate surface area is 94.4 Å². The fourth-order valence-electron chi connectivity index (χ4n) is 0.941. The molecule has 0 bridgehead atoms. The van der Waals surface area contributed by atoms with E-state index < -0.39 is 6.09 Å². The molecule has 0 unspecified atom stereocenters. The number of benzene rings is 1. The summed E-state index contributed by atoms with van der Waals surface area (Å²) in [6.45, 7) is 5.66. The van der Waals surface area contributed by atoms with Gasteiger partial charge < -0.3 is 10.1 Å².